The fourth-order valence-corrected chi connectivity index (χ4v) is 4.37. The SMILES string of the molecule is CC(C)[C@H](NC(=O)[C@H](CCC(N)=O)NC(=O)[C@@H](N)Cc1ccccc1)C(=O)N[C@H](C(=O)N[C@@H](CS)C(=O)NCC(N)=O)C(C)C. The van der Waals surface area contributed by atoms with Crippen LogP contribution < -0.4 is 43.8 Å². The zero-order valence-electron chi connectivity index (χ0n) is 26.0. The van der Waals surface area contributed by atoms with Gasteiger partial charge in [0.1, 0.15) is 24.2 Å². The molecule has 0 fully saturated rings. The molecule has 0 unspecified atom stereocenters. The highest BCUT2D eigenvalue weighted by molar-refractivity contribution is 7.80. The number of thiol groups is 1. The number of benzene rings is 1. The van der Waals surface area contributed by atoms with E-state index in [-0.39, 0.29) is 25.0 Å². The molecule has 16 heteroatoms. The second-order valence-electron chi connectivity index (χ2n) is 11.3. The minimum atomic E-state index is -1.24. The van der Waals surface area contributed by atoms with E-state index in [4.69, 9.17) is 17.2 Å². The molecule has 11 N–H and O–H groups in total. The van der Waals surface area contributed by atoms with Gasteiger partial charge in [0.15, 0.2) is 0 Å². The van der Waals surface area contributed by atoms with Crippen molar-refractivity contribution in [1.29, 1.82) is 0 Å². The Morgan fingerprint density at radius 1 is 0.689 bits per heavy atom. The standard InChI is InChI=1S/C29H46N8O7S/c1-15(2)23(28(43)35-20(14-45)26(41)33-13-22(32)39)37-29(44)24(16(3)4)36-27(42)19(10-11-21(31)38)34-25(40)18(30)12-17-8-6-5-7-9-17/h5-9,15-16,18-20,23-24,45H,10-14,30H2,1-4H3,(H2,31,38)(H2,32,39)(H,33,41)(H,34,40)(H,35,43)(H,36,42)(H,37,44)/t18-,19-,20-,23-,24-/m0/s1. The van der Waals surface area contributed by atoms with Gasteiger partial charge in [-0.1, -0.05) is 58.0 Å². The molecule has 0 bridgehead atoms. The van der Waals surface area contributed by atoms with E-state index >= 15 is 0 Å². The third-order valence-electron chi connectivity index (χ3n) is 6.69. The molecule has 0 aliphatic heterocycles. The molecule has 250 valence electrons. The first-order valence-electron chi connectivity index (χ1n) is 14.5. The van der Waals surface area contributed by atoms with Gasteiger partial charge in [-0.2, -0.15) is 12.6 Å². The predicted molar refractivity (Wildman–Crippen MR) is 170 cm³/mol. The maximum Gasteiger partial charge on any atom is 0.243 e. The minimum absolute atomic E-state index is 0.104. The largest absolute Gasteiger partial charge is 0.370 e. The lowest BCUT2D eigenvalue weighted by Crippen LogP contribution is -2.61. The minimum Gasteiger partial charge on any atom is -0.370 e. The first-order chi connectivity index (χ1) is 21.1. The van der Waals surface area contributed by atoms with Gasteiger partial charge in [-0.3, -0.25) is 33.6 Å². The number of amides is 7. The monoisotopic (exact) mass is 650 g/mol. The van der Waals surface area contributed by atoms with E-state index in [0.29, 0.717) is 0 Å². The van der Waals surface area contributed by atoms with Crippen LogP contribution in [-0.2, 0) is 40.0 Å². The highest BCUT2D eigenvalue weighted by atomic mass is 32.1. The molecule has 0 spiro atoms. The number of hydrogen-bond donors (Lipinski definition) is 9. The lowest BCUT2D eigenvalue weighted by molar-refractivity contribution is -0.136. The Bertz CT molecular complexity index is 1200. The molecule has 0 heterocycles. The number of carbonyl (C=O) groups is 7. The average molecular weight is 651 g/mol. The van der Waals surface area contributed by atoms with Gasteiger partial charge >= 0.3 is 0 Å². The summed E-state index contributed by atoms with van der Waals surface area (Å²) in [5.41, 5.74) is 17.2. The van der Waals surface area contributed by atoms with Crippen LogP contribution in [0.25, 0.3) is 0 Å². The summed E-state index contributed by atoms with van der Waals surface area (Å²) < 4.78 is 0. The van der Waals surface area contributed by atoms with E-state index < -0.39 is 89.9 Å². The van der Waals surface area contributed by atoms with Gasteiger partial charge in [0.05, 0.1) is 12.6 Å². The highest BCUT2D eigenvalue weighted by Crippen LogP contribution is 2.09. The lowest BCUT2D eigenvalue weighted by atomic mass is 9.98. The number of nitrogens with two attached hydrogens (primary N) is 3. The van der Waals surface area contributed by atoms with Crippen LogP contribution in [0.1, 0.15) is 46.1 Å². The molecule has 5 atom stereocenters. The lowest BCUT2D eigenvalue weighted by Gasteiger charge is -2.29. The first-order valence-corrected chi connectivity index (χ1v) is 15.2. The molecule has 1 aromatic carbocycles. The van der Waals surface area contributed by atoms with Crippen molar-refractivity contribution >= 4 is 54.0 Å². The third-order valence-corrected chi connectivity index (χ3v) is 7.06. The van der Waals surface area contributed by atoms with E-state index in [2.05, 4.69) is 39.2 Å². The van der Waals surface area contributed by atoms with Crippen LogP contribution in [0.5, 0.6) is 0 Å². The topological polar surface area (TPSA) is 258 Å². The van der Waals surface area contributed by atoms with Gasteiger partial charge < -0.3 is 43.8 Å². The Kier molecular flexibility index (Phi) is 16.6. The second kappa shape index (κ2) is 19.3. The first kappa shape index (κ1) is 38.8. The predicted octanol–water partition coefficient (Wildman–Crippen LogP) is -2.40. The van der Waals surface area contributed by atoms with Gasteiger partial charge in [-0.25, -0.2) is 0 Å². The summed E-state index contributed by atoms with van der Waals surface area (Å²) in [5.74, 6) is -5.95. The summed E-state index contributed by atoms with van der Waals surface area (Å²) >= 11 is 4.08. The Morgan fingerprint density at radius 2 is 1.20 bits per heavy atom. The summed E-state index contributed by atoms with van der Waals surface area (Å²) in [5, 5.41) is 12.6. The molecule has 0 aromatic heterocycles. The van der Waals surface area contributed by atoms with Crippen LogP contribution in [-0.4, -0.2) is 83.9 Å². The van der Waals surface area contributed by atoms with Crippen LogP contribution in [0.2, 0.25) is 0 Å². The van der Waals surface area contributed by atoms with Crippen molar-refractivity contribution < 1.29 is 33.6 Å². The van der Waals surface area contributed by atoms with Crippen LogP contribution >= 0.6 is 12.6 Å². The smallest absolute Gasteiger partial charge is 0.243 e. The van der Waals surface area contributed by atoms with Crippen molar-refractivity contribution in [2.24, 2.45) is 29.0 Å². The van der Waals surface area contributed by atoms with Crippen molar-refractivity contribution in [1.82, 2.24) is 26.6 Å². The maximum atomic E-state index is 13.4. The van der Waals surface area contributed by atoms with Crippen LogP contribution in [0, 0.1) is 11.8 Å². The van der Waals surface area contributed by atoms with Gasteiger partial charge in [-0.05, 0) is 30.2 Å². The number of primary amides is 2. The van der Waals surface area contributed by atoms with Crippen molar-refractivity contribution in [3.63, 3.8) is 0 Å². The Hall–Kier alpha value is -4.18. The summed E-state index contributed by atoms with van der Waals surface area (Å²) in [6.45, 7) is 6.25. The molecule has 0 saturated carbocycles. The van der Waals surface area contributed by atoms with Gasteiger partial charge in [0.2, 0.25) is 41.4 Å². The van der Waals surface area contributed by atoms with Crippen LogP contribution in [0.3, 0.4) is 0 Å². The third kappa shape index (κ3) is 14.0. The Labute approximate surface area is 268 Å². The molecule has 0 aliphatic carbocycles. The number of hydrogen-bond acceptors (Lipinski definition) is 9. The number of nitrogens with one attached hydrogen (secondary N) is 5. The number of rotatable bonds is 19. The molecule has 45 heavy (non-hydrogen) atoms. The van der Waals surface area contributed by atoms with E-state index in [0.717, 1.165) is 5.56 Å². The molecular weight excluding hydrogens is 604 g/mol. The maximum absolute atomic E-state index is 13.4. The average Bonchev–Trinajstić information content (AvgIpc) is 2.97. The van der Waals surface area contributed by atoms with Crippen LogP contribution in [0.4, 0.5) is 0 Å². The van der Waals surface area contributed by atoms with E-state index in [1.54, 1.807) is 52.0 Å². The zero-order valence-corrected chi connectivity index (χ0v) is 26.9. The second-order valence-corrected chi connectivity index (χ2v) is 11.6. The summed E-state index contributed by atoms with van der Waals surface area (Å²) in [4.78, 5) is 87.5. The summed E-state index contributed by atoms with van der Waals surface area (Å²) in [6.07, 6.45) is -0.162. The highest BCUT2D eigenvalue weighted by Gasteiger charge is 2.34. The fraction of sp³-hybridized carbons (Fsp3) is 0.552. The van der Waals surface area contributed by atoms with Crippen molar-refractivity contribution in [3.8, 4) is 0 Å². The van der Waals surface area contributed by atoms with Gasteiger partial charge in [0, 0.05) is 12.2 Å². The fourth-order valence-electron chi connectivity index (χ4n) is 4.11. The van der Waals surface area contributed by atoms with Crippen molar-refractivity contribution in [2.75, 3.05) is 12.3 Å². The summed E-state index contributed by atoms with van der Waals surface area (Å²) in [6, 6.07) is 3.40. The molecule has 15 nitrogen and oxygen atoms in total. The van der Waals surface area contributed by atoms with Gasteiger partial charge in [0.25, 0.3) is 0 Å². The Balaban J connectivity index is 3.03. The molecule has 1 rings (SSSR count). The van der Waals surface area contributed by atoms with E-state index in [1.807, 2.05) is 6.07 Å². The normalized spacial score (nSPS) is 14.3. The molecular formula is C29H46N8O7S. The van der Waals surface area contributed by atoms with E-state index in [9.17, 15) is 33.6 Å². The molecule has 7 amide bonds. The van der Waals surface area contributed by atoms with Crippen LogP contribution in [0.15, 0.2) is 30.3 Å². The van der Waals surface area contributed by atoms with Crippen molar-refractivity contribution in [3.05, 3.63) is 35.9 Å². The number of carbonyl (C=O) groups excluding carboxylic acids is 7. The van der Waals surface area contributed by atoms with E-state index in [1.165, 1.54) is 0 Å². The molecule has 0 radical (unpaired) electrons. The molecule has 0 aliphatic rings. The summed E-state index contributed by atoms with van der Waals surface area (Å²) in [7, 11) is 0. The van der Waals surface area contributed by atoms with Crippen molar-refractivity contribution in [2.45, 2.75) is 77.2 Å². The zero-order chi connectivity index (χ0) is 34.3. The molecule has 1 aromatic rings. The molecule has 0 saturated heterocycles. The van der Waals surface area contributed by atoms with Gasteiger partial charge in [-0.15, -0.1) is 0 Å². The quantitative estimate of drug-likeness (QED) is 0.0728. The Morgan fingerprint density at radius 3 is 1.69 bits per heavy atom.